The Morgan fingerprint density at radius 2 is 1.89 bits per heavy atom. The smallest absolute Gasteiger partial charge is 0.187 e. The van der Waals surface area contributed by atoms with Crippen molar-refractivity contribution in [2.24, 2.45) is 0 Å². The van der Waals surface area contributed by atoms with E-state index in [1.165, 1.54) is 0 Å². The molecule has 8 nitrogen and oxygen atoms in total. The number of methoxy groups -OCH3 is 1. The second-order valence-corrected chi connectivity index (χ2v) is 9.13. The number of fused-ring (bicyclic) bond motifs is 1. The number of aromatic nitrogens is 2. The van der Waals surface area contributed by atoms with Crippen LogP contribution in [0.25, 0.3) is 10.9 Å². The molecule has 3 heterocycles. The highest BCUT2D eigenvalue weighted by Crippen LogP contribution is 2.39. The van der Waals surface area contributed by atoms with Gasteiger partial charge in [0.25, 0.3) is 0 Å². The molecule has 8 heteroatoms. The van der Waals surface area contributed by atoms with Crippen molar-refractivity contribution in [3.63, 3.8) is 0 Å². The molecule has 0 spiro atoms. The summed E-state index contributed by atoms with van der Waals surface area (Å²) in [6.45, 7) is 5.06. The minimum Gasteiger partial charge on any atom is -0.491 e. The summed E-state index contributed by atoms with van der Waals surface area (Å²) in [5, 5.41) is 14.0. The van der Waals surface area contributed by atoms with Crippen molar-refractivity contribution in [3.8, 4) is 17.6 Å². The van der Waals surface area contributed by atoms with Crippen LogP contribution in [0.3, 0.4) is 0 Å². The number of benzene rings is 2. The van der Waals surface area contributed by atoms with Crippen molar-refractivity contribution in [2.45, 2.75) is 12.8 Å². The third-order valence-corrected chi connectivity index (χ3v) is 6.60. The minimum absolute atomic E-state index is 0.455. The van der Waals surface area contributed by atoms with Crippen LogP contribution in [0.5, 0.6) is 11.5 Å². The van der Waals surface area contributed by atoms with Crippen LogP contribution in [0.1, 0.15) is 23.2 Å². The second kappa shape index (κ2) is 12.4. The lowest BCUT2D eigenvalue weighted by molar-refractivity contribution is 0.0357. The fourth-order valence-corrected chi connectivity index (χ4v) is 4.61. The maximum atomic E-state index is 9.79. The zero-order valence-electron chi connectivity index (χ0n) is 21.5. The van der Waals surface area contributed by atoms with Crippen molar-refractivity contribution in [1.82, 2.24) is 14.9 Å². The van der Waals surface area contributed by atoms with Gasteiger partial charge in [0.05, 0.1) is 38.2 Å². The van der Waals surface area contributed by atoms with E-state index in [1.54, 1.807) is 19.5 Å². The van der Waals surface area contributed by atoms with E-state index in [2.05, 4.69) is 38.4 Å². The summed E-state index contributed by atoms with van der Waals surface area (Å²) in [6, 6.07) is 20.2. The van der Waals surface area contributed by atoms with Gasteiger partial charge in [0.15, 0.2) is 11.5 Å². The monoisotopic (exact) mass is 509 g/mol. The number of hydrogen-bond donors (Lipinski definition) is 1. The van der Waals surface area contributed by atoms with Gasteiger partial charge < -0.3 is 19.5 Å². The molecular weight excluding hydrogens is 478 g/mol. The molecule has 2 aromatic heterocycles. The first kappa shape index (κ1) is 25.5. The predicted molar refractivity (Wildman–Crippen MR) is 147 cm³/mol. The number of ether oxygens (including phenoxy) is 3. The van der Waals surface area contributed by atoms with E-state index in [0.29, 0.717) is 34.9 Å². The molecule has 0 unspecified atom stereocenters. The summed E-state index contributed by atoms with van der Waals surface area (Å²) in [5.41, 5.74) is 4.84. The molecule has 38 heavy (non-hydrogen) atoms. The summed E-state index contributed by atoms with van der Waals surface area (Å²) in [4.78, 5) is 11.3. The summed E-state index contributed by atoms with van der Waals surface area (Å²) < 4.78 is 17.2. The van der Waals surface area contributed by atoms with Crippen molar-refractivity contribution in [3.05, 3.63) is 83.8 Å². The SMILES string of the molecule is COc1c(OCCCN2CCOCC2)ccc2c(Nc3ccc(Cc4ccccn4)cc3)c(C#N)cnc12. The van der Waals surface area contributed by atoms with Crippen molar-refractivity contribution < 1.29 is 14.2 Å². The lowest BCUT2D eigenvalue weighted by atomic mass is 10.1. The second-order valence-electron chi connectivity index (χ2n) is 9.13. The minimum atomic E-state index is 0.455. The van der Waals surface area contributed by atoms with Gasteiger partial charge in [-0.1, -0.05) is 18.2 Å². The number of morpholine rings is 1. The highest BCUT2D eigenvalue weighted by atomic mass is 16.5. The maximum Gasteiger partial charge on any atom is 0.187 e. The molecule has 1 aliphatic rings. The van der Waals surface area contributed by atoms with E-state index in [-0.39, 0.29) is 0 Å². The zero-order chi connectivity index (χ0) is 26.2. The number of nitrogens with one attached hydrogen (secondary N) is 1. The Bertz CT molecular complexity index is 1400. The number of anilines is 2. The Balaban J connectivity index is 1.33. The standard InChI is InChI=1S/C30H31N5O3/c1-36-30-27(38-16-4-13-35-14-17-37-18-15-35)11-10-26-28(23(20-31)21-33-29(26)30)34-24-8-6-22(7-9-24)19-25-5-2-3-12-32-25/h2-3,5-12,21H,4,13-19H2,1H3,(H,33,34). The molecule has 0 saturated carbocycles. The van der Waals surface area contributed by atoms with Crippen LogP contribution < -0.4 is 14.8 Å². The third kappa shape index (κ3) is 6.02. The Kier molecular flexibility index (Phi) is 8.29. The molecule has 0 amide bonds. The Hall–Kier alpha value is -4.19. The molecular formula is C30H31N5O3. The Morgan fingerprint density at radius 3 is 2.63 bits per heavy atom. The lowest BCUT2D eigenvalue weighted by Gasteiger charge is -2.26. The topological polar surface area (TPSA) is 92.5 Å². The molecule has 5 rings (SSSR count). The number of rotatable bonds is 10. The summed E-state index contributed by atoms with van der Waals surface area (Å²) in [6.07, 6.45) is 5.05. The van der Waals surface area contributed by atoms with Crippen molar-refractivity contribution in [1.29, 1.82) is 5.26 Å². The summed E-state index contributed by atoms with van der Waals surface area (Å²) in [7, 11) is 1.61. The van der Waals surface area contributed by atoms with Gasteiger partial charge in [0.2, 0.25) is 0 Å². The Morgan fingerprint density at radius 1 is 1.05 bits per heavy atom. The number of pyridine rings is 2. The summed E-state index contributed by atoms with van der Waals surface area (Å²) >= 11 is 0. The maximum absolute atomic E-state index is 9.79. The molecule has 194 valence electrons. The molecule has 0 radical (unpaired) electrons. The van der Waals surface area contributed by atoms with Gasteiger partial charge in [0, 0.05) is 55.2 Å². The molecule has 0 atom stereocenters. The largest absolute Gasteiger partial charge is 0.491 e. The molecule has 1 fully saturated rings. The van der Waals surface area contributed by atoms with Crippen LogP contribution in [0.2, 0.25) is 0 Å². The van der Waals surface area contributed by atoms with E-state index in [9.17, 15) is 5.26 Å². The van der Waals surface area contributed by atoms with Crippen molar-refractivity contribution in [2.75, 3.05) is 51.9 Å². The normalized spacial score (nSPS) is 13.7. The van der Waals surface area contributed by atoms with Crippen LogP contribution in [-0.4, -0.2) is 61.4 Å². The predicted octanol–water partition coefficient (Wildman–Crippen LogP) is 4.95. The number of nitrogens with zero attached hydrogens (tertiary/aromatic N) is 4. The molecule has 1 aliphatic heterocycles. The van der Waals surface area contributed by atoms with Crippen molar-refractivity contribution >= 4 is 22.3 Å². The first-order chi connectivity index (χ1) is 18.7. The first-order valence-corrected chi connectivity index (χ1v) is 12.8. The summed E-state index contributed by atoms with van der Waals surface area (Å²) in [5.74, 6) is 1.20. The van der Waals surface area contributed by atoms with Gasteiger partial charge in [-0.25, -0.2) is 0 Å². The van der Waals surface area contributed by atoms with Crippen LogP contribution in [0.4, 0.5) is 11.4 Å². The third-order valence-electron chi connectivity index (χ3n) is 6.60. The average Bonchev–Trinajstić information content (AvgIpc) is 2.97. The average molecular weight is 510 g/mol. The molecule has 1 N–H and O–H groups in total. The molecule has 2 aromatic carbocycles. The van der Waals surface area contributed by atoms with E-state index in [1.807, 2.05) is 42.5 Å². The van der Waals surface area contributed by atoms with Gasteiger partial charge in [0.1, 0.15) is 11.6 Å². The highest BCUT2D eigenvalue weighted by molar-refractivity contribution is 5.99. The van der Waals surface area contributed by atoms with Crippen LogP contribution >= 0.6 is 0 Å². The van der Waals surface area contributed by atoms with E-state index >= 15 is 0 Å². The molecule has 1 saturated heterocycles. The van der Waals surface area contributed by atoms with Gasteiger partial charge in [-0.05, 0) is 48.4 Å². The first-order valence-electron chi connectivity index (χ1n) is 12.8. The highest BCUT2D eigenvalue weighted by Gasteiger charge is 2.17. The fourth-order valence-electron chi connectivity index (χ4n) is 4.61. The van der Waals surface area contributed by atoms with E-state index in [0.717, 1.165) is 68.0 Å². The van der Waals surface area contributed by atoms with Crippen LogP contribution in [-0.2, 0) is 11.2 Å². The van der Waals surface area contributed by atoms with Crippen LogP contribution in [0.15, 0.2) is 67.0 Å². The van der Waals surface area contributed by atoms with Crippen LogP contribution in [0, 0.1) is 11.3 Å². The van der Waals surface area contributed by atoms with Gasteiger partial charge >= 0.3 is 0 Å². The fraction of sp³-hybridized carbons (Fsp3) is 0.300. The quantitative estimate of drug-likeness (QED) is 0.300. The number of nitriles is 1. The molecule has 4 aromatic rings. The van der Waals surface area contributed by atoms with Gasteiger partial charge in [-0.3, -0.25) is 14.9 Å². The number of hydrogen-bond acceptors (Lipinski definition) is 8. The van der Waals surface area contributed by atoms with E-state index in [4.69, 9.17) is 14.2 Å². The lowest BCUT2D eigenvalue weighted by Crippen LogP contribution is -2.37. The zero-order valence-corrected chi connectivity index (χ0v) is 21.5. The molecule has 0 aliphatic carbocycles. The van der Waals surface area contributed by atoms with Gasteiger partial charge in [-0.2, -0.15) is 5.26 Å². The molecule has 0 bridgehead atoms. The Labute approximate surface area is 222 Å². The van der Waals surface area contributed by atoms with Gasteiger partial charge in [-0.15, -0.1) is 0 Å². The van der Waals surface area contributed by atoms with E-state index < -0.39 is 0 Å².